The number of piperidine rings is 6. The summed E-state index contributed by atoms with van der Waals surface area (Å²) in [6.45, 7) is 26.5. The third kappa shape index (κ3) is 40.1. The summed E-state index contributed by atoms with van der Waals surface area (Å²) < 4.78 is 9.94. The number of nitrogens with two attached hydrogens (primary N) is 2. The van der Waals surface area contributed by atoms with Crippen molar-refractivity contribution in [3.63, 3.8) is 0 Å². The van der Waals surface area contributed by atoms with E-state index >= 15 is 0 Å². The zero-order valence-electron chi connectivity index (χ0n) is 41.5. The van der Waals surface area contributed by atoms with Crippen LogP contribution in [0.3, 0.4) is 0 Å². The van der Waals surface area contributed by atoms with Crippen LogP contribution < -0.4 is 48.7 Å². The molecule has 6 fully saturated rings. The maximum Gasteiger partial charge on any atom is 0.407 e. The van der Waals surface area contributed by atoms with Crippen molar-refractivity contribution in [2.45, 2.75) is 172 Å². The van der Waals surface area contributed by atoms with Crippen LogP contribution in [0.5, 0.6) is 0 Å². The lowest BCUT2D eigenvalue weighted by molar-refractivity contribution is 0.0765. The van der Waals surface area contributed by atoms with Crippen LogP contribution in [-0.4, -0.2) is 198 Å². The Kier molecular flexibility index (Phi) is 58.7. The topological polar surface area (TPSA) is 182 Å². The second kappa shape index (κ2) is 52.6. The fraction of sp³-hybridized carbons (Fsp3) is 0.981. The van der Waals surface area contributed by atoms with Crippen molar-refractivity contribution >= 4 is 6.09 Å². The smallest absolute Gasteiger partial charge is 0.407 e. The average molecular weight is 966 g/mol. The molecular formula is C52H124N12O3. The zero-order chi connectivity index (χ0) is 45.5. The highest BCUT2D eigenvalue weighted by atomic mass is 16.5. The molecule has 6 saturated heterocycles. The van der Waals surface area contributed by atoms with Gasteiger partial charge in [-0.3, -0.25) is 0 Å². The Morgan fingerprint density at radius 3 is 1.18 bits per heavy atom. The number of hydrogen-bond acceptors (Lipinski definition) is 14. The predicted molar refractivity (Wildman–Crippen MR) is 297 cm³/mol. The van der Waals surface area contributed by atoms with E-state index in [2.05, 4.69) is 65.8 Å². The van der Waals surface area contributed by atoms with Crippen LogP contribution in [0.2, 0.25) is 0 Å². The van der Waals surface area contributed by atoms with Crippen LogP contribution in [0, 0.1) is 11.8 Å². The van der Waals surface area contributed by atoms with Gasteiger partial charge in [-0.05, 0) is 195 Å². The normalized spacial score (nSPS) is 20.2. The molecule has 0 spiro atoms. The number of amides is 1. The molecule has 0 radical (unpaired) electrons. The Balaban J connectivity index is -0.000000230. The fourth-order valence-corrected chi connectivity index (χ4v) is 8.80. The lowest BCUT2D eigenvalue weighted by atomic mass is 9.94. The van der Waals surface area contributed by atoms with E-state index in [0.29, 0.717) is 25.3 Å². The molecule has 6 rings (SSSR count). The minimum atomic E-state index is -0.312. The molecule has 11 N–H and O–H groups in total. The summed E-state index contributed by atoms with van der Waals surface area (Å²) in [6, 6.07) is 2.18. The molecule has 15 heteroatoms. The zero-order valence-corrected chi connectivity index (χ0v) is 41.5. The highest BCUT2D eigenvalue weighted by molar-refractivity contribution is 5.66. The van der Waals surface area contributed by atoms with Gasteiger partial charge in [0.25, 0.3) is 0 Å². The minimum Gasteiger partial charge on any atom is -0.450 e. The number of nitrogens with zero attached hydrogens (tertiary/aromatic N) is 3. The van der Waals surface area contributed by atoms with E-state index in [-0.39, 0.29) is 43.2 Å². The Hall–Kier alpha value is -1.21. The number of methoxy groups -OCH3 is 1. The maximum absolute atomic E-state index is 11.0. The fourth-order valence-electron chi connectivity index (χ4n) is 8.80. The van der Waals surface area contributed by atoms with Crippen molar-refractivity contribution < 1.29 is 14.3 Å². The van der Waals surface area contributed by atoms with Crippen molar-refractivity contribution in [2.24, 2.45) is 23.3 Å². The molecule has 0 aromatic rings. The van der Waals surface area contributed by atoms with Crippen LogP contribution in [0.15, 0.2) is 0 Å². The molecule has 6 heterocycles. The molecule has 1 amide bonds. The Morgan fingerprint density at radius 2 is 0.866 bits per heavy atom. The van der Waals surface area contributed by atoms with Gasteiger partial charge < -0.3 is 72.9 Å². The van der Waals surface area contributed by atoms with Crippen molar-refractivity contribution in [3.05, 3.63) is 0 Å². The first-order valence-corrected chi connectivity index (χ1v) is 25.4. The number of nitrogens with one attached hydrogen (secondary N) is 7. The molecule has 410 valence electrons. The standard InChI is InChI=1S/C11H23N3O2.C9H20N2.C8H19N3.C7H15N.C6H14N2.C6H13NO.5CH4/c1-3-16-11(15)13-6-9-14-7-4-10(12-2)5-8-14;1-2-9-3-6-11(7-4-9)8-5-10;1-10-8-2-5-11(6-3-8)7-4-9;1-2-7-3-5-8-6-4-7;1-7-6-2-4-8-5-3-6;1-8-6-2-4-7-5-3-6;;;;;/h10,12H,3-9H2,1-2H3,(H,13,15);9H,2-8,10H2,1H3;8,10H,2-7,9H2,1H3;7-8H,2-6H2,1H3;6-8H,2-5H2,1H3;6-7H,2-5H2,1H3;5*1H4. The molecule has 0 atom stereocenters. The summed E-state index contributed by atoms with van der Waals surface area (Å²) in [5, 5.41) is 22.5. The van der Waals surface area contributed by atoms with Gasteiger partial charge in [-0.1, -0.05) is 63.8 Å². The van der Waals surface area contributed by atoms with E-state index in [4.69, 9.17) is 20.9 Å². The van der Waals surface area contributed by atoms with Crippen molar-refractivity contribution in [2.75, 3.05) is 153 Å². The van der Waals surface area contributed by atoms with Gasteiger partial charge in [-0.15, -0.1) is 0 Å². The molecule has 0 aromatic heterocycles. The summed E-state index contributed by atoms with van der Waals surface area (Å²) in [6.07, 6.45) is 18.4. The first-order chi connectivity index (χ1) is 30.3. The first-order valence-electron chi connectivity index (χ1n) is 25.4. The third-order valence-corrected chi connectivity index (χ3v) is 13.5. The molecular weight excluding hydrogens is 841 g/mol. The maximum atomic E-state index is 11.0. The quantitative estimate of drug-likeness (QED) is 0.0985. The molecule has 0 bridgehead atoms. The van der Waals surface area contributed by atoms with Crippen LogP contribution in [0.1, 0.15) is 148 Å². The Labute approximate surface area is 419 Å². The van der Waals surface area contributed by atoms with Crippen molar-refractivity contribution in [1.29, 1.82) is 0 Å². The van der Waals surface area contributed by atoms with Crippen LogP contribution in [-0.2, 0) is 9.47 Å². The number of rotatable bonds is 14. The SMILES string of the molecule is C.C.C.C.C.CCC1CCN(CCN)CC1.CCC1CCNCC1.CCOC(=O)NCCN1CCC(NC)CC1.CNC1CCN(CCN)CC1.CNC1CCNCC1.COC1CCNCC1. The van der Waals surface area contributed by atoms with Gasteiger partial charge in [0.15, 0.2) is 0 Å². The summed E-state index contributed by atoms with van der Waals surface area (Å²) in [4.78, 5) is 18.3. The van der Waals surface area contributed by atoms with Crippen LogP contribution in [0.4, 0.5) is 4.79 Å². The van der Waals surface area contributed by atoms with Gasteiger partial charge >= 0.3 is 6.09 Å². The van der Waals surface area contributed by atoms with Crippen LogP contribution in [0.25, 0.3) is 0 Å². The monoisotopic (exact) mass is 965 g/mol. The van der Waals surface area contributed by atoms with Gasteiger partial charge in [0.2, 0.25) is 0 Å². The van der Waals surface area contributed by atoms with E-state index in [1.54, 1.807) is 7.11 Å². The molecule has 0 aliphatic carbocycles. The highest BCUT2D eigenvalue weighted by Gasteiger charge is 2.19. The summed E-state index contributed by atoms with van der Waals surface area (Å²) >= 11 is 0. The largest absolute Gasteiger partial charge is 0.450 e. The first kappa shape index (κ1) is 74.7. The Morgan fingerprint density at radius 1 is 0.522 bits per heavy atom. The van der Waals surface area contributed by atoms with Crippen molar-refractivity contribution in [3.8, 4) is 0 Å². The minimum absolute atomic E-state index is 0. The van der Waals surface area contributed by atoms with E-state index < -0.39 is 0 Å². The molecule has 15 nitrogen and oxygen atoms in total. The number of ether oxygens (including phenoxy) is 2. The lowest BCUT2D eigenvalue weighted by Crippen LogP contribution is -2.44. The van der Waals surface area contributed by atoms with E-state index in [1.807, 2.05) is 28.1 Å². The number of carbonyl (C=O) groups is 1. The van der Waals surface area contributed by atoms with Gasteiger partial charge in [0.05, 0.1) is 12.7 Å². The summed E-state index contributed by atoms with van der Waals surface area (Å²) in [7, 11) is 7.89. The lowest BCUT2D eigenvalue weighted by Gasteiger charge is -2.31. The summed E-state index contributed by atoms with van der Waals surface area (Å²) in [5.74, 6) is 2.01. The van der Waals surface area contributed by atoms with Crippen LogP contribution >= 0.6 is 0 Å². The van der Waals surface area contributed by atoms with E-state index in [0.717, 1.165) is 82.8 Å². The molecule has 6 aliphatic rings. The number of carbonyl (C=O) groups excluding carboxylic acids is 1. The predicted octanol–water partition coefficient (Wildman–Crippen LogP) is 6.03. The summed E-state index contributed by atoms with van der Waals surface area (Å²) in [5.41, 5.74) is 11.0. The second-order valence-electron chi connectivity index (χ2n) is 17.8. The second-order valence-corrected chi connectivity index (χ2v) is 17.8. The molecule has 0 aromatic carbocycles. The van der Waals surface area contributed by atoms with Gasteiger partial charge in [0, 0.05) is 64.5 Å². The van der Waals surface area contributed by atoms with E-state index in [9.17, 15) is 4.79 Å². The van der Waals surface area contributed by atoms with Crippen molar-refractivity contribution in [1.82, 2.24) is 51.9 Å². The van der Waals surface area contributed by atoms with Gasteiger partial charge in [-0.25, -0.2) is 4.79 Å². The average Bonchev–Trinajstić information content (AvgIpc) is 3.34. The Bertz CT molecular complexity index is 882. The molecule has 67 heavy (non-hydrogen) atoms. The number of hydrogen-bond donors (Lipinski definition) is 9. The van der Waals surface area contributed by atoms with E-state index in [1.165, 1.54) is 142 Å². The molecule has 6 aliphatic heterocycles. The molecule has 0 saturated carbocycles. The van der Waals surface area contributed by atoms with Gasteiger partial charge in [0.1, 0.15) is 0 Å². The third-order valence-electron chi connectivity index (χ3n) is 13.5. The highest BCUT2D eigenvalue weighted by Crippen LogP contribution is 2.19. The van der Waals surface area contributed by atoms with Gasteiger partial charge in [-0.2, -0.15) is 0 Å². The number of alkyl carbamates (subject to hydrolysis) is 1. The number of likely N-dealkylation sites (tertiary alicyclic amines) is 3. The molecule has 0 unspecified atom stereocenters.